The normalized spacial score (nSPS) is 15.2. The van der Waals surface area contributed by atoms with Crippen LogP contribution in [0.15, 0.2) is 18.2 Å². The second kappa shape index (κ2) is 5.33. The van der Waals surface area contributed by atoms with E-state index in [4.69, 9.17) is 5.73 Å². The number of rotatable bonds is 5. The van der Waals surface area contributed by atoms with Gasteiger partial charge in [-0.3, -0.25) is 9.59 Å². The summed E-state index contributed by atoms with van der Waals surface area (Å²) in [5.41, 5.74) is 6.96. The third-order valence-corrected chi connectivity index (χ3v) is 3.60. The average Bonchev–Trinajstić information content (AvgIpc) is 3.25. The van der Waals surface area contributed by atoms with Gasteiger partial charge in [0.2, 0.25) is 5.91 Å². The van der Waals surface area contributed by atoms with Crippen molar-refractivity contribution < 1.29 is 9.59 Å². The van der Waals surface area contributed by atoms with Crippen LogP contribution in [0.25, 0.3) is 0 Å². The molecule has 0 radical (unpaired) electrons. The van der Waals surface area contributed by atoms with Gasteiger partial charge in [-0.2, -0.15) is 5.26 Å². The highest BCUT2D eigenvalue weighted by atomic mass is 16.2. The third-order valence-electron chi connectivity index (χ3n) is 3.60. The summed E-state index contributed by atoms with van der Waals surface area (Å²) in [6.07, 6.45) is 2.45. The maximum absolute atomic E-state index is 12.0. The summed E-state index contributed by atoms with van der Waals surface area (Å²) in [5.74, 6) is -0.921. The molecule has 1 fully saturated rings. The molecule has 1 aliphatic carbocycles. The van der Waals surface area contributed by atoms with E-state index in [1.165, 1.54) is 0 Å². The van der Waals surface area contributed by atoms with Crippen molar-refractivity contribution in [1.82, 2.24) is 5.32 Å². The van der Waals surface area contributed by atoms with Crippen LogP contribution in [-0.4, -0.2) is 18.4 Å². The van der Waals surface area contributed by atoms with Crippen molar-refractivity contribution in [2.75, 3.05) is 6.54 Å². The van der Waals surface area contributed by atoms with E-state index in [0.717, 1.165) is 30.4 Å². The Kier molecular flexibility index (Phi) is 3.75. The molecule has 2 rings (SSSR count). The first-order chi connectivity index (χ1) is 9.50. The minimum Gasteiger partial charge on any atom is -0.368 e. The number of primary amides is 1. The maximum atomic E-state index is 12.0. The molecular weight excluding hydrogens is 254 g/mol. The summed E-state index contributed by atoms with van der Waals surface area (Å²) in [5, 5.41) is 11.7. The van der Waals surface area contributed by atoms with E-state index in [-0.39, 0.29) is 12.5 Å². The number of carbonyl (C=O) groups excluding carboxylic acids is 2. The molecule has 20 heavy (non-hydrogen) atoms. The SMILES string of the molecule is CCc1cc(C(=O)NCC(N)=O)cc(C2(C#N)CC2)c1. The topological polar surface area (TPSA) is 96.0 Å². The lowest BCUT2D eigenvalue weighted by Crippen LogP contribution is -2.33. The molecule has 0 heterocycles. The molecular formula is C15H17N3O2. The average molecular weight is 271 g/mol. The number of nitrogens with zero attached hydrogens (tertiary/aromatic N) is 1. The largest absolute Gasteiger partial charge is 0.368 e. The van der Waals surface area contributed by atoms with Crippen LogP contribution in [0, 0.1) is 11.3 Å². The molecule has 5 heteroatoms. The van der Waals surface area contributed by atoms with E-state index in [1.54, 1.807) is 12.1 Å². The summed E-state index contributed by atoms with van der Waals surface area (Å²) in [6.45, 7) is 1.81. The second-order valence-electron chi connectivity index (χ2n) is 5.12. The number of amides is 2. The lowest BCUT2D eigenvalue weighted by atomic mass is 9.92. The van der Waals surface area contributed by atoms with Crippen LogP contribution < -0.4 is 11.1 Å². The van der Waals surface area contributed by atoms with Gasteiger partial charge < -0.3 is 11.1 Å². The van der Waals surface area contributed by atoms with E-state index in [9.17, 15) is 14.9 Å². The Bertz CT molecular complexity index is 598. The van der Waals surface area contributed by atoms with Gasteiger partial charge in [0.05, 0.1) is 18.0 Å². The lowest BCUT2D eigenvalue weighted by molar-refractivity contribution is -0.117. The highest BCUT2D eigenvalue weighted by Gasteiger charge is 2.45. The Balaban J connectivity index is 2.29. The van der Waals surface area contributed by atoms with Crippen LogP contribution in [0.4, 0.5) is 0 Å². The molecule has 104 valence electrons. The summed E-state index contributed by atoms with van der Waals surface area (Å²) >= 11 is 0. The number of hydrogen-bond donors (Lipinski definition) is 2. The van der Waals surface area contributed by atoms with Gasteiger partial charge in [-0.25, -0.2) is 0 Å². The Morgan fingerprint density at radius 1 is 1.40 bits per heavy atom. The highest BCUT2D eigenvalue weighted by Crippen LogP contribution is 2.47. The molecule has 3 N–H and O–H groups in total. The monoisotopic (exact) mass is 271 g/mol. The zero-order chi connectivity index (χ0) is 14.8. The number of nitriles is 1. The van der Waals surface area contributed by atoms with Crippen molar-refractivity contribution in [2.45, 2.75) is 31.6 Å². The number of hydrogen-bond acceptors (Lipinski definition) is 3. The Morgan fingerprint density at radius 2 is 2.10 bits per heavy atom. The van der Waals surface area contributed by atoms with Gasteiger partial charge in [0, 0.05) is 5.56 Å². The van der Waals surface area contributed by atoms with Crippen molar-refractivity contribution in [3.8, 4) is 6.07 Å². The summed E-state index contributed by atoms with van der Waals surface area (Å²) in [7, 11) is 0. The van der Waals surface area contributed by atoms with E-state index in [0.29, 0.717) is 5.56 Å². The van der Waals surface area contributed by atoms with Crippen LogP contribution in [0.3, 0.4) is 0 Å². The van der Waals surface area contributed by atoms with Gasteiger partial charge in [0.1, 0.15) is 0 Å². The minimum absolute atomic E-state index is 0.187. The quantitative estimate of drug-likeness (QED) is 0.836. The Morgan fingerprint density at radius 3 is 2.60 bits per heavy atom. The smallest absolute Gasteiger partial charge is 0.251 e. The predicted octanol–water partition coefficient (Wildman–Crippen LogP) is 1.02. The number of aryl methyl sites for hydroxylation is 1. The number of carbonyl (C=O) groups is 2. The number of benzene rings is 1. The van der Waals surface area contributed by atoms with Crippen LogP contribution in [0.5, 0.6) is 0 Å². The second-order valence-corrected chi connectivity index (χ2v) is 5.12. The van der Waals surface area contributed by atoms with Gasteiger partial charge in [-0.05, 0) is 42.5 Å². The van der Waals surface area contributed by atoms with E-state index < -0.39 is 11.3 Å². The molecule has 0 aromatic heterocycles. The predicted molar refractivity (Wildman–Crippen MR) is 73.9 cm³/mol. The molecule has 1 saturated carbocycles. The van der Waals surface area contributed by atoms with Gasteiger partial charge in [0.15, 0.2) is 0 Å². The molecule has 1 aliphatic rings. The van der Waals surface area contributed by atoms with Crippen LogP contribution in [-0.2, 0) is 16.6 Å². The van der Waals surface area contributed by atoms with Gasteiger partial charge in [0.25, 0.3) is 5.91 Å². The van der Waals surface area contributed by atoms with Gasteiger partial charge >= 0.3 is 0 Å². The maximum Gasteiger partial charge on any atom is 0.251 e. The number of nitrogens with two attached hydrogens (primary N) is 1. The lowest BCUT2D eigenvalue weighted by Gasteiger charge is -2.12. The van der Waals surface area contributed by atoms with E-state index >= 15 is 0 Å². The molecule has 2 amide bonds. The molecule has 0 aliphatic heterocycles. The first-order valence-corrected chi connectivity index (χ1v) is 6.63. The highest BCUT2D eigenvalue weighted by molar-refractivity contribution is 5.96. The van der Waals surface area contributed by atoms with Crippen molar-refractivity contribution >= 4 is 11.8 Å². The Labute approximate surface area is 117 Å². The van der Waals surface area contributed by atoms with E-state index in [1.807, 2.05) is 13.0 Å². The molecule has 0 unspecified atom stereocenters. The fraction of sp³-hybridized carbons (Fsp3) is 0.400. The standard InChI is InChI=1S/C15H17N3O2/c1-2-10-5-11(14(20)18-8-13(17)19)7-12(6-10)15(9-16)3-4-15/h5-7H,2-4,8H2,1H3,(H2,17,19)(H,18,20). The fourth-order valence-electron chi connectivity index (χ4n) is 2.16. The summed E-state index contributed by atoms with van der Waals surface area (Å²) in [4.78, 5) is 22.7. The Hall–Kier alpha value is -2.35. The molecule has 0 bridgehead atoms. The van der Waals surface area contributed by atoms with Gasteiger partial charge in [-0.1, -0.05) is 13.0 Å². The van der Waals surface area contributed by atoms with Crippen molar-refractivity contribution in [3.05, 3.63) is 34.9 Å². The zero-order valence-corrected chi connectivity index (χ0v) is 11.4. The fourth-order valence-corrected chi connectivity index (χ4v) is 2.16. The molecule has 1 aromatic carbocycles. The zero-order valence-electron chi connectivity index (χ0n) is 11.4. The molecule has 0 saturated heterocycles. The molecule has 0 spiro atoms. The third kappa shape index (κ3) is 2.80. The van der Waals surface area contributed by atoms with Crippen LogP contribution in [0.2, 0.25) is 0 Å². The molecule has 1 aromatic rings. The first kappa shape index (κ1) is 14.1. The van der Waals surface area contributed by atoms with Crippen molar-refractivity contribution in [2.24, 2.45) is 5.73 Å². The first-order valence-electron chi connectivity index (χ1n) is 6.63. The van der Waals surface area contributed by atoms with Crippen LogP contribution >= 0.6 is 0 Å². The van der Waals surface area contributed by atoms with Crippen molar-refractivity contribution in [3.63, 3.8) is 0 Å². The number of nitrogens with one attached hydrogen (secondary N) is 1. The summed E-state index contributed by atoms with van der Waals surface area (Å²) < 4.78 is 0. The van der Waals surface area contributed by atoms with Crippen LogP contribution in [0.1, 0.15) is 41.3 Å². The van der Waals surface area contributed by atoms with Gasteiger partial charge in [-0.15, -0.1) is 0 Å². The minimum atomic E-state index is -0.582. The molecule has 0 atom stereocenters. The molecule has 5 nitrogen and oxygen atoms in total. The summed E-state index contributed by atoms with van der Waals surface area (Å²) in [6, 6.07) is 7.84. The van der Waals surface area contributed by atoms with E-state index in [2.05, 4.69) is 11.4 Å². The van der Waals surface area contributed by atoms with Crippen molar-refractivity contribution in [1.29, 1.82) is 5.26 Å².